The van der Waals surface area contributed by atoms with Gasteiger partial charge >= 0.3 is 0 Å². The molecule has 4 aromatic carbocycles. The van der Waals surface area contributed by atoms with E-state index in [0.717, 1.165) is 72.6 Å². The smallest absolute Gasteiger partial charge is 0.137 e. The maximum Gasteiger partial charge on any atom is 0.137 e. The number of pyridine rings is 1. The summed E-state index contributed by atoms with van der Waals surface area (Å²) in [5.74, 6) is 2.85. The van der Waals surface area contributed by atoms with Crippen LogP contribution in [0, 0.1) is 13.8 Å². The van der Waals surface area contributed by atoms with E-state index >= 15 is 0 Å². The molecule has 0 N–H and O–H groups in total. The van der Waals surface area contributed by atoms with E-state index in [1.54, 1.807) is 0 Å². The third kappa shape index (κ3) is 6.58. The highest BCUT2D eigenvalue weighted by Crippen LogP contribution is 2.39. The van der Waals surface area contributed by atoms with Gasteiger partial charge < -0.3 is 4.74 Å². The van der Waals surface area contributed by atoms with Gasteiger partial charge in [0.25, 0.3) is 0 Å². The van der Waals surface area contributed by atoms with Gasteiger partial charge in [-0.2, -0.15) is 5.10 Å². The van der Waals surface area contributed by atoms with E-state index in [0.29, 0.717) is 5.92 Å². The molecule has 7 aromatic rings. The lowest BCUT2D eigenvalue weighted by Gasteiger charge is -2.16. The Labute approximate surface area is 302 Å². The van der Waals surface area contributed by atoms with Gasteiger partial charge in [0.1, 0.15) is 17.3 Å². The van der Waals surface area contributed by atoms with Crippen LogP contribution in [0.25, 0.3) is 44.4 Å². The highest BCUT2D eigenvalue weighted by atomic mass is 16.5. The van der Waals surface area contributed by atoms with E-state index in [2.05, 4.69) is 149 Å². The summed E-state index contributed by atoms with van der Waals surface area (Å²) in [6.07, 6.45) is 8.00. The predicted molar refractivity (Wildman–Crippen MR) is 213 cm³/mol. The van der Waals surface area contributed by atoms with Crippen LogP contribution in [0.1, 0.15) is 93.4 Å². The van der Waals surface area contributed by atoms with Crippen molar-refractivity contribution in [2.45, 2.75) is 92.9 Å². The number of aryl methyl sites for hydroxylation is 4. The first-order valence-corrected chi connectivity index (χ1v) is 18.8. The summed E-state index contributed by atoms with van der Waals surface area (Å²) in [6.45, 7) is 15.7. The number of fused-ring (bicyclic) bond motifs is 3. The third-order valence-electron chi connectivity index (χ3n) is 10.0. The van der Waals surface area contributed by atoms with Crippen molar-refractivity contribution in [3.05, 3.63) is 131 Å². The normalized spacial score (nSPS) is 11.7. The minimum absolute atomic E-state index is 0.317. The highest BCUT2D eigenvalue weighted by molar-refractivity contribution is 6.09. The quantitative estimate of drug-likeness (QED) is 0.130. The lowest BCUT2D eigenvalue weighted by molar-refractivity contribution is 0.481. The van der Waals surface area contributed by atoms with Crippen LogP contribution in [-0.4, -0.2) is 19.3 Å². The zero-order valence-electron chi connectivity index (χ0n) is 31.3. The topological polar surface area (TPSA) is 44.9 Å². The number of para-hydroxylation sites is 1. The maximum absolute atomic E-state index is 6.82. The molecule has 3 aromatic heterocycles. The van der Waals surface area contributed by atoms with Crippen LogP contribution in [-0.2, 0) is 19.3 Å². The highest BCUT2D eigenvalue weighted by Gasteiger charge is 2.23. The van der Waals surface area contributed by atoms with Gasteiger partial charge in [0.2, 0.25) is 0 Å². The Kier molecular flexibility index (Phi) is 9.82. The van der Waals surface area contributed by atoms with E-state index in [4.69, 9.17) is 14.8 Å². The zero-order chi connectivity index (χ0) is 35.6. The Hall–Kier alpha value is -5.16. The SMILES string of the molecule is CCCc1ccnc(-n2c3ccccc3c3ccc(Oc4cc(C(C)C)cc(-n5nc(CCC)c(-c6c(C)cccc6C)c5CCC)c4)cc32)c1. The van der Waals surface area contributed by atoms with Crippen molar-refractivity contribution in [2.24, 2.45) is 0 Å². The van der Waals surface area contributed by atoms with Gasteiger partial charge in [-0.15, -0.1) is 0 Å². The van der Waals surface area contributed by atoms with Gasteiger partial charge in [-0.05, 0) is 109 Å². The van der Waals surface area contributed by atoms with E-state index in [1.807, 2.05) is 6.20 Å². The van der Waals surface area contributed by atoms with Gasteiger partial charge in [0.15, 0.2) is 0 Å². The fourth-order valence-corrected chi connectivity index (χ4v) is 7.64. The number of aromatic nitrogens is 4. The van der Waals surface area contributed by atoms with Crippen LogP contribution in [0.3, 0.4) is 0 Å². The van der Waals surface area contributed by atoms with Crippen LogP contribution >= 0.6 is 0 Å². The molecule has 0 unspecified atom stereocenters. The zero-order valence-corrected chi connectivity index (χ0v) is 31.3. The molecule has 7 rings (SSSR count). The molecule has 0 radical (unpaired) electrons. The monoisotopic (exact) mass is 674 g/mol. The molecule has 3 heterocycles. The molecule has 0 fully saturated rings. The first-order valence-electron chi connectivity index (χ1n) is 18.8. The summed E-state index contributed by atoms with van der Waals surface area (Å²) in [7, 11) is 0. The lowest BCUT2D eigenvalue weighted by Crippen LogP contribution is -2.05. The molecule has 0 amide bonds. The number of ether oxygens (including phenoxy) is 1. The summed E-state index contributed by atoms with van der Waals surface area (Å²) in [4.78, 5) is 4.84. The van der Waals surface area contributed by atoms with Crippen LogP contribution in [0.5, 0.6) is 11.5 Å². The van der Waals surface area contributed by atoms with Gasteiger partial charge in [-0.3, -0.25) is 4.57 Å². The van der Waals surface area contributed by atoms with Crippen molar-refractivity contribution >= 4 is 21.8 Å². The average molecular weight is 675 g/mol. The summed E-state index contributed by atoms with van der Waals surface area (Å²) in [5, 5.41) is 7.76. The van der Waals surface area contributed by atoms with E-state index in [-0.39, 0.29) is 0 Å². The molecular formula is C46H50N4O. The Morgan fingerprint density at radius 2 is 1.41 bits per heavy atom. The second-order valence-corrected chi connectivity index (χ2v) is 14.3. The number of hydrogen-bond acceptors (Lipinski definition) is 3. The fraction of sp³-hybridized carbons (Fsp3) is 0.304. The van der Waals surface area contributed by atoms with Crippen molar-refractivity contribution in [1.82, 2.24) is 19.3 Å². The van der Waals surface area contributed by atoms with Gasteiger partial charge in [-0.25, -0.2) is 9.67 Å². The molecule has 0 saturated carbocycles. The minimum Gasteiger partial charge on any atom is -0.457 e. The van der Waals surface area contributed by atoms with E-state index < -0.39 is 0 Å². The Morgan fingerprint density at radius 1 is 0.667 bits per heavy atom. The Balaban J connectivity index is 1.37. The third-order valence-corrected chi connectivity index (χ3v) is 10.0. The van der Waals surface area contributed by atoms with Gasteiger partial charge in [0, 0.05) is 34.7 Å². The average Bonchev–Trinajstić information content (AvgIpc) is 3.63. The fourth-order valence-electron chi connectivity index (χ4n) is 7.64. The number of rotatable bonds is 12. The molecule has 0 bridgehead atoms. The summed E-state index contributed by atoms with van der Waals surface area (Å²) in [5.41, 5.74) is 13.4. The van der Waals surface area contributed by atoms with E-state index in [1.165, 1.54) is 55.5 Å². The Morgan fingerprint density at radius 3 is 2.16 bits per heavy atom. The first kappa shape index (κ1) is 34.3. The second-order valence-electron chi connectivity index (χ2n) is 14.3. The van der Waals surface area contributed by atoms with Gasteiger partial charge in [0.05, 0.1) is 28.1 Å². The first-order chi connectivity index (χ1) is 24.8. The van der Waals surface area contributed by atoms with Crippen molar-refractivity contribution < 1.29 is 4.74 Å². The van der Waals surface area contributed by atoms with Crippen LogP contribution < -0.4 is 4.74 Å². The molecule has 0 aliphatic heterocycles. The molecule has 51 heavy (non-hydrogen) atoms. The number of nitrogens with zero attached hydrogens (tertiary/aromatic N) is 4. The van der Waals surface area contributed by atoms with Crippen LogP contribution in [0.2, 0.25) is 0 Å². The minimum atomic E-state index is 0.317. The van der Waals surface area contributed by atoms with E-state index in [9.17, 15) is 0 Å². The Bertz CT molecular complexity index is 2320. The molecule has 0 atom stereocenters. The molecule has 5 heteroatoms. The maximum atomic E-state index is 6.82. The summed E-state index contributed by atoms with van der Waals surface area (Å²) in [6, 6.07) is 32.6. The van der Waals surface area contributed by atoms with Gasteiger partial charge in [-0.1, -0.05) is 90.3 Å². The second kappa shape index (κ2) is 14.6. The molecule has 0 aliphatic rings. The van der Waals surface area contributed by atoms with Crippen molar-refractivity contribution in [3.8, 4) is 34.1 Å². The molecular weight excluding hydrogens is 625 g/mol. The predicted octanol–water partition coefficient (Wildman–Crippen LogP) is 12.4. The lowest BCUT2D eigenvalue weighted by atomic mass is 9.91. The largest absolute Gasteiger partial charge is 0.457 e. The number of benzene rings is 4. The molecule has 0 aliphatic carbocycles. The number of hydrogen-bond donors (Lipinski definition) is 0. The summed E-state index contributed by atoms with van der Waals surface area (Å²) < 4.78 is 11.3. The van der Waals surface area contributed by atoms with Crippen LogP contribution in [0.15, 0.2) is 97.2 Å². The summed E-state index contributed by atoms with van der Waals surface area (Å²) >= 11 is 0. The molecule has 0 saturated heterocycles. The van der Waals surface area contributed by atoms with Crippen LogP contribution in [0.4, 0.5) is 0 Å². The molecule has 0 spiro atoms. The van der Waals surface area contributed by atoms with Crippen molar-refractivity contribution in [1.29, 1.82) is 0 Å². The van der Waals surface area contributed by atoms with Crippen molar-refractivity contribution in [3.63, 3.8) is 0 Å². The van der Waals surface area contributed by atoms with Crippen molar-refractivity contribution in [2.75, 3.05) is 0 Å². The standard InChI is InChI=1S/C46H50N4O/c1-8-14-33-23-24-47-44(25-33)49-41-20-12-11-19-38(41)39-22-21-36(29-43(39)49)51-37-27-34(30(4)5)26-35(28-37)50-42(16-10-3)46(40(48-50)15-9-2)45-31(6)17-13-18-32(45)7/h11-13,17-30H,8-10,14-16H2,1-7H3. The molecule has 5 nitrogen and oxygen atoms in total. The molecule has 260 valence electrons.